The number of methoxy groups -OCH3 is 2. The van der Waals surface area contributed by atoms with Crippen molar-refractivity contribution < 1.29 is 14.2 Å². The fourth-order valence-corrected chi connectivity index (χ4v) is 3.43. The van der Waals surface area contributed by atoms with Gasteiger partial charge in [-0.2, -0.15) is 9.97 Å². The highest BCUT2D eigenvalue weighted by Crippen LogP contribution is 2.39. The molecule has 2 aromatic rings. The van der Waals surface area contributed by atoms with Crippen molar-refractivity contribution in [2.45, 2.75) is 6.04 Å². The van der Waals surface area contributed by atoms with Crippen LogP contribution in [0.3, 0.4) is 0 Å². The summed E-state index contributed by atoms with van der Waals surface area (Å²) >= 11 is 0. The van der Waals surface area contributed by atoms with E-state index in [9.17, 15) is 0 Å². The Morgan fingerprint density at radius 1 is 1.14 bits per heavy atom. The van der Waals surface area contributed by atoms with Crippen LogP contribution in [0, 0.1) is 0 Å². The number of hydrogen-bond acceptors (Lipinski definition) is 9. The maximum absolute atomic E-state index is 5.93. The average molecular weight is 409 g/mol. The van der Waals surface area contributed by atoms with E-state index in [0.717, 1.165) is 36.0 Å². The Kier molecular flexibility index (Phi) is 6.15. The number of nitrogens with one attached hydrogen (secondary N) is 2. The fourth-order valence-electron chi connectivity index (χ4n) is 3.43. The van der Waals surface area contributed by atoms with Crippen LogP contribution in [0.4, 0.5) is 23.3 Å². The Hall–Kier alpha value is -2.65. The Bertz CT molecular complexity index is 831. The third kappa shape index (κ3) is 3.81. The highest BCUT2D eigenvalue weighted by atomic mass is 35.5. The van der Waals surface area contributed by atoms with Crippen LogP contribution >= 0.6 is 12.4 Å². The largest absolute Gasteiger partial charge is 0.493 e. The lowest BCUT2D eigenvalue weighted by Crippen LogP contribution is -2.38. The fraction of sp³-hybridized carbons (Fsp3) is 0.444. The molecule has 0 saturated carbocycles. The van der Waals surface area contributed by atoms with Gasteiger partial charge in [0.15, 0.2) is 23.1 Å². The molecular formula is C18H25ClN6O3. The minimum absolute atomic E-state index is 0. The standard InChI is InChI=1S/C18H24N6O3.ClH/c1-25-13-4-3-11(9-14(13)26-2)12-10-20-16-15(21-12)17(23-18(19)22-16)24-5-7-27-8-6-24;/h3-4,9,12,21H,5-8,10H2,1-2H3,(H3,19,20,22,23);1H. The third-order valence-corrected chi connectivity index (χ3v) is 4.82. The normalized spacial score (nSPS) is 18.2. The smallest absolute Gasteiger partial charge is 0.224 e. The van der Waals surface area contributed by atoms with Crippen molar-refractivity contribution in [1.82, 2.24) is 9.97 Å². The summed E-state index contributed by atoms with van der Waals surface area (Å²) in [6.45, 7) is 3.55. The zero-order chi connectivity index (χ0) is 18.8. The number of hydrogen-bond donors (Lipinski definition) is 3. The molecule has 9 nitrogen and oxygen atoms in total. The molecule has 0 radical (unpaired) electrons. The molecule has 1 atom stereocenters. The quantitative estimate of drug-likeness (QED) is 0.699. The minimum atomic E-state index is 0. The molecule has 4 rings (SSSR count). The maximum atomic E-state index is 5.93. The number of halogens is 1. The van der Waals surface area contributed by atoms with E-state index in [1.807, 2.05) is 18.2 Å². The number of fused-ring (bicyclic) bond motifs is 1. The second kappa shape index (κ2) is 8.57. The van der Waals surface area contributed by atoms with E-state index in [0.29, 0.717) is 31.3 Å². The van der Waals surface area contributed by atoms with Crippen molar-refractivity contribution in [3.05, 3.63) is 23.8 Å². The second-order valence-electron chi connectivity index (χ2n) is 6.42. The number of rotatable bonds is 4. The van der Waals surface area contributed by atoms with Crippen molar-refractivity contribution in [1.29, 1.82) is 0 Å². The molecule has 1 unspecified atom stereocenters. The van der Waals surface area contributed by atoms with E-state index in [1.54, 1.807) is 14.2 Å². The average Bonchev–Trinajstić information content (AvgIpc) is 2.73. The van der Waals surface area contributed by atoms with Crippen LogP contribution in [0.2, 0.25) is 0 Å². The lowest BCUT2D eigenvalue weighted by atomic mass is 10.0. The van der Waals surface area contributed by atoms with E-state index in [1.165, 1.54) is 0 Å². The van der Waals surface area contributed by atoms with Crippen LogP contribution in [0.1, 0.15) is 11.6 Å². The molecular weight excluding hydrogens is 384 g/mol. The molecule has 28 heavy (non-hydrogen) atoms. The van der Waals surface area contributed by atoms with Gasteiger partial charge in [0.1, 0.15) is 5.69 Å². The van der Waals surface area contributed by atoms with Gasteiger partial charge in [0, 0.05) is 19.6 Å². The predicted molar refractivity (Wildman–Crippen MR) is 111 cm³/mol. The van der Waals surface area contributed by atoms with E-state index < -0.39 is 0 Å². The zero-order valence-corrected chi connectivity index (χ0v) is 16.7. The minimum Gasteiger partial charge on any atom is -0.493 e. The lowest BCUT2D eigenvalue weighted by Gasteiger charge is -2.34. The molecule has 2 aliphatic heterocycles. The van der Waals surface area contributed by atoms with Crippen LogP contribution in [0.5, 0.6) is 11.5 Å². The topological polar surface area (TPSA) is 107 Å². The van der Waals surface area contributed by atoms with Gasteiger partial charge in [-0.05, 0) is 17.7 Å². The van der Waals surface area contributed by atoms with Crippen molar-refractivity contribution in [2.24, 2.45) is 0 Å². The van der Waals surface area contributed by atoms with E-state index in [4.69, 9.17) is 19.9 Å². The van der Waals surface area contributed by atoms with Gasteiger partial charge in [0.2, 0.25) is 5.95 Å². The Morgan fingerprint density at radius 2 is 1.89 bits per heavy atom. The second-order valence-corrected chi connectivity index (χ2v) is 6.42. The summed E-state index contributed by atoms with van der Waals surface area (Å²) < 4.78 is 16.2. The maximum Gasteiger partial charge on any atom is 0.224 e. The Balaban J connectivity index is 0.00000225. The van der Waals surface area contributed by atoms with Gasteiger partial charge in [-0.3, -0.25) is 0 Å². The summed E-state index contributed by atoms with van der Waals surface area (Å²) in [6.07, 6.45) is 0. The van der Waals surface area contributed by atoms with Gasteiger partial charge in [-0.1, -0.05) is 6.07 Å². The number of aromatic nitrogens is 2. The molecule has 2 aliphatic rings. The number of morpholine rings is 1. The van der Waals surface area contributed by atoms with Gasteiger partial charge < -0.3 is 35.5 Å². The Labute approximate surface area is 170 Å². The molecule has 0 spiro atoms. The first-order valence-electron chi connectivity index (χ1n) is 8.92. The van der Waals surface area contributed by atoms with Gasteiger partial charge in [-0.15, -0.1) is 12.4 Å². The molecule has 0 amide bonds. The lowest BCUT2D eigenvalue weighted by molar-refractivity contribution is 0.122. The molecule has 152 valence electrons. The van der Waals surface area contributed by atoms with Crippen LogP contribution in [0.15, 0.2) is 18.2 Å². The van der Waals surface area contributed by atoms with Crippen molar-refractivity contribution in [3.63, 3.8) is 0 Å². The van der Waals surface area contributed by atoms with E-state index in [2.05, 4.69) is 25.5 Å². The summed E-state index contributed by atoms with van der Waals surface area (Å²) in [6, 6.07) is 5.95. The molecule has 0 aliphatic carbocycles. The first-order chi connectivity index (χ1) is 13.2. The van der Waals surface area contributed by atoms with Gasteiger partial charge in [-0.25, -0.2) is 0 Å². The van der Waals surface area contributed by atoms with Gasteiger partial charge in [0.25, 0.3) is 0 Å². The molecule has 1 aromatic heterocycles. The van der Waals surface area contributed by atoms with E-state index >= 15 is 0 Å². The molecule has 1 aromatic carbocycles. The first-order valence-corrected chi connectivity index (χ1v) is 8.92. The molecule has 10 heteroatoms. The van der Waals surface area contributed by atoms with E-state index in [-0.39, 0.29) is 24.4 Å². The number of nitrogens with two attached hydrogens (primary N) is 1. The van der Waals surface area contributed by atoms with Gasteiger partial charge in [0.05, 0.1) is 33.5 Å². The molecule has 0 bridgehead atoms. The van der Waals surface area contributed by atoms with Crippen LogP contribution < -0.4 is 30.7 Å². The highest BCUT2D eigenvalue weighted by Gasteiger charge is 2.27. The number of benzene rings is 1. The summed E-state index contributed by atoms with van der Waals surface area (Å²) in [4.78, 5) is 11.0. The van der Waals surface area contributed by atoms with Gasteiger partial charge >= 0.3 is 0 Å². The first kappa shape index (κ1) is 20.1. The SMILES string of the molecule is COc1ccc(C2CNc3nc(N)nc(N4CCOCC4)c3N2)cc1OC.Cl. The number of ether oxygens (including phenoxy) is 3. The molecule has 4 N–H and O–H groups in total. The predicted octanol–water partition coefficient (Wildman–Crippen LogP) is 1.91. The molecule has 1 fully saturated rings. The van der Waals surface area contributed by atoms with Crippen LogP contribution in [-0.4, -0.2) is 57.0 Å². The number of anilines is 4. The third-order valence-electron chi connectivity index (χ3n) is 4.82. The Morgan fingerprint density at radius 3 is 2.61 bits per heavy atom. The summed E-state index contributed by atoms with van der Waals surface area (Å²) in [5.74, 6) is 3.19. The molecule has 1 saturated heterocycles. The monoisotopic (exact) mass is 408 g/mol. The van der Waals surface area contributed by atoms with Crippen molar-refractivity contribution in [3.8, 4) is 11.5 Å². The zero-order valence-electron chi connectivity index (χ0n) is 15.9. The van der Waals surface area contributed by atoms with Crippen molar-refractivity contribution in [2.75, 3.05) is 68.3 Å². The highest BCUT2D eigenvalue weighted by molar-refractivity contribution is 5.85. The summed E-state index contributed by atoms with van der Waals surface area (Å²) in [5.41, 5.74) is 7.86. The number of nitrogens with zero attached hydrogens (tertiary/aromatic N) is 3. The van der Waals surface area contributed by atoms with Crippen molar-refractivity contribution >= 4 is 35.7 Å². The van der Waals surface area contributed by atoms with Crippen LogP contribution in [-0.2, 0) is 4.74 Å². The molecule has 3 heterocycles. The number of nitrogen functional groups attached to an aromatic ring is 1. The summed E-state index contributed by atoms with van der Waals surface area (Å²) in [5, 5.41) is 6.95. The summed E-state index contributed by atoms with van der Waals surface area (Å²) in [7, 11) is 3.27. The van der Waals surface area contributed by atoms with Crippen LogP contribution in [0.25, 0.3) is 0 Å².